The van der Waals surface area contributed by atoms with Gasteiger partial charge in [0.1, 0.15) is 12.4 Å². The normalized spacial score (nSPS) is 11.6. The number of benzene rings is 1. The number of rotatable bonds is 6. The summed E-state index contributed by atoms with van der Waals surface area (Å²) in [6, 6.07) is 6.86. The molecule has 0 bridgehead atoms. The van der Waals surface area contributed by atoms with Crippen LogP contribution in [0.25, 0.3) is 10.4 Å². The third kappa shape index (κ3) is 4.18. The van der Waals surface area contributed by atoms with E-state index in [4.69, 9.17) is 15.4 Å². The summed E-state index contributed by atoms with van der Waals surface area (Å²) in [5, 5.41) is 21.4. The number of azide groups is 1. The van der Waals surface area contributed by atoms with Gasteiger partial charge in [-0.05, 0) is 23.2 Å². The molecular formula is C10H13N3O3. The summed E-state index contributed by atoms with van der Waals surface area (Å²) in [4.78, 5) is 2.53. The van der Waals surface area contributed by atoms with E-state index in [0.29, 0.717) is 5.75 Å². The van der Waals surface area contributed by atoms with Gasteiger partial charge in [-0.2, -0.15) is 0 Å². The van der Waals surface area contributed by atoms with Crippen LogP contribution in [0.2, 0.25) is 0 Å². The maximum atomic E-state index is 9.31. The summed E-state index contributed by atoms with van der Waals surface area (Å²) in [5.74, 6) is 0.595. The molecule has 1 unspecified atom stereocenters. The first-order valence-corrected chi connectivity index (χ1v) is 4.77. The van der Waals surface area contributed by atoms with E-state index in [9.17, 15) is 5.11 Å². The maximum Gasteiger partial charge on any atom is 0.119 e. The molecule has 1 aromatic rings. The molecule has 0 heterocycles. The van der Waals surface area contributed by atoms with E-state index in [2.05, 4.69) is 10.0 Å². The molecule has 0 radical (unpaired) electrons. The van der Waals surface area contributed by atoms with Crippen LogP contribution in [0.15, 0.2) is 29.4 Å². The van der Waals surface area contributed by atoms with Crippen LogP contribution in [-0.4, -0.2) is 29.5 Å². The van der Waals surface area contributed by atoms with Crippen LogP contribution >= 0.6 is 0 Å². The summed E-state index contributed by atoms with van der Waals surface area (Å²) >= 11 is 0. The minimum absolute atomic E-state index is 0.00871. The van der Waals surface area contributed by atoms with Crippen molar-refractivity contribution in [1.82, 2.24) is 0 Å². The van der Waals surface area contributed by atoms with E-state index in [1.807, 2.05) is 0 Å². The van der Waals surface area contributed by atoms with Gasteiger partial charge in [0, 0.05) is 4.91 Å². The lowest BCUT2D eigenvalue weighted by atomic mass is 10.2. The zero-order valence-electron chi connectivity index (χ0n) is 8.65. The molecule has 0 saturated carbocycles. The summed E-state index contributed by atoms with van der Waals surface area (Å²) < 4.78 is 5.25. The fraction of sp³-hybridized carbons (Fsp3) is 0.400. The number of aliphatic hydroxyl groups is 2. The van der Waals surface area contributed by atoms with Gasteiger partial charge < -0.3 is 14.9 Å². The average molecular weight is 223 g/mol. The van der Waals surface area contributed by atoms with Crippen LogP contribution < -0.4 is 4.74 Å². The first kappa shape index (κ1) is 12.3. The number of ether oxygens (including phenoxy) is 1. The Labute approximate surface area is 92.7 Å². The van der Waals surface area contributed by atoms with Gasteiger partial charge in [-0.25, -0.2) is 0 Å². The number of aliphatic hydroxyl groups excluding tert-OH is 2. The molecule has 1 rings (SSSR count). The lowest BCUT2D eigenvalue weighted by Crippen LogP contribution is -2.20. The van der Waals surface area contributed by atoms with Crippen LogP contribution in [0.5, 0.6) is 5.75 Å². The molecule has 6 nitrogen and oxygen atoms in total. The molecule has 1 aromatic carbocycles. The molecule has 0 aliphatic heterocycles. The minimum atomic E-state index is -0.812. The lowest BCUT2D eigenvalue weighted by Gasteiger charge is -2.10. The Morgan fingerprint density at radius 2 is 2.06 bits per heavy atom. The molecular weight excluding hydrogens is 210 g/mol. The smallest absolute Gasteiger partial charge is 0.119 e. The summed E-state index contributed by atoms with van der Waals surface area (Å²) in [6.07, 6.45) is -0.812. The molecule has 0 saturated heterocycles. The van der Waals surface area contributed by atoms with Crippen molar-refractivity contribution in [2.75, 3.05) is 13.2 Å². The Balaban J connectivity index is 2.38. The molecule has 1 atom stereocenters. The lowest BCUT2D eigenvalue weighted by molar-refractivity contribution is 0.114. The van der Waals surface area contributed by atoms with E-state index in [0.717, 1.165) is 5.56 Å². The minimum Gasteiger partial charge on any atom is -0.491 e. The van der Waals surface area contributed by atoms with Gasteiger partial charge >= 0.3 is 0 Å². The van der Waals surface area contributed by atoms with Crippen molar-refractivity contribution in [3.63, 3.8) is 0 Å². The molecule has 0 aliphatic carbocycles. The molecule has 0 fully saturated rings. The topological polar surface area (TPSA) is 98.5 Å². The van der Waals surface area contributed by atoms with Crippen molar-refractivity contribution in [2.45, 2.75) is 12.7 Å². The summed E-state index contributed by atoms with van der Waals surface area (Å²) in [5.41, 5.74) is 8.83. The Hall–Kier alpha value is -1.75. The van der Waals surface area contributed by atoms with Crippen molar-refractivity contribution < 1.29 is 14.9 Å². The monoisotopic (exact) mass is 223 g/mol. The molecule has 16 heavy (non-hydrogen) atoms. The fourth-order valence-corrected chi connectivity index (χ4v) is 1.07. The molecule has 86 valence electrons. The predicted octanol–water partition coefficient (Wildman–Crippen LogP) is 1.23. The van der Waals surface area contributed by atoms with Crippen LogP contribution in [0.3, 0.4) is 0 Å². The van der Waals surface area contributed by atoms with Crippen molar-refractivity contribution in [3.8, 4) is 5.75 Å². The highest BCUT2D eigenvalue weighted by atomic mass is 16.5. The van der Waals surface area contributed by atoms with Gasteiger partial charge in [0.05, 0.1) is 19.3 Å². The second kappa shape index (κ2) is 6.68. The van der Waals surface area contributed by atoms with Gasteiger partial charge in [0.15, 0.2) is 0 Å². The first-order chi connectivity index (χ1) is 7.76. The Morgan fingerprint density at radius 1 is 1.38 bits per heavy atom. The number of nitrogens with zero attached hydrogens (tertiary/aromatic N) is 3. The van der Waals surface area contributed by atoms with Gasteiger partial charge in [-0.3, -0.25) is 0 Å². The highest BCUT2D eigenvalue weighted by Crippen LogP contribution is 2.12. The van der Waals surface area contributed by atoms with E-state index < -0.39 is 6.10 Å². The Kier molecular flexibility index (Phi) is 5.15. The third-order valence-corrected chi connectivity index (χ3v) is 1.90. The zero-order chi connectivity index (χ0) is 11.8. The Morgan fingerprint density at radius 3 is 2.62 bits per heavy atom. The maximum absolute atomic E-state index is 9.31. The zero-order valence-corrected chi connectivity index (χ0v) is 8.65. The van der Waals surface area contributed by atoms with E-state index in [1.165, 1.54) is 0 Å². The summed E-state index contributed by atoms with van der Waals surface area (Å²) in [6.45, 7) is 0.0442. The molecule has 0 spiro atoms. The van der Waals surface area contributed by atoms with E-state index >= 15 is 0 Å². The SMILES string of the molecule is [N-]=[N+]=NCC(O)COc1ccc(CO)cc1. The second-order valence-electron chi connectivity index (χ2n) is 3.18. The number of hydrogen-bond acceptors (Lipinski definition) is 4. The van der Waals surface area contributed by atoms with Gasteiger partial charge in [0.25, 0.3) is 0 Å². The van der Waals surface area contributed by atoms with Crippen molar-refractivity contribution in [3.05, 3.63) is 40.3 Å². The molecule has 0 aromatic heterocycles. The van der Waals surface area contributed by atoms with Gasteiger partial charge in [-0.15, -0.1) is 0 Å². The molecule has 0 amide bonds. The van der Waals surface area contributed by atoms with Crippen molar-refractivity contribution >= 4 is 0 Å². The van der Waals surface area contributed by atoms with E-state index in [-0.39, 0.29) is 19.8 Å². The van der Waals surface area contributed by atoms with Crippen LogP contribution in [0.1, 0.15) is 5.56 Å². The second-order valence-corrected chi connectivity index (χ2v) is 3.18. The largest absolute Gasteiger partial charge is 0.491 e. The van der Waals surface area contributed by atoms with Gasteiger partial charge in [-0.1, -0.05) is 17.2 Å². The quantitative estimate of drug-likeness (QED) is 0.431. The Bertz CT molecular complexity index is 360. The van der Waals surface area contributed by atoms with Crippen molar-refractivity contribution in [1.29, 1.82) is 0 Å². The van der Waals surface area contributed by atoms with Crippen molar-refractivity contribution in [2.24, 2.45) is 5.11 Å². The highest BCUT2D eigenvalue weighted by Gasteiger charge is 2.03. The fourth-order valence-electron chi connectivity index (χ4n) is 1.07. The van der Waals surface area contributed by atoms with Crippen LogP contribution in [-0.2, 0) is 6.61 Å². The summed E-state index contributed by atoms with van der Waals surface area (Å²) in [7, 11) is 0. The highest BCUT2D eigenvalue weighted by molar-refractivity contribution is 5.26. The molecule has 6 heteroatoms. The van der Waals surface area contributed by atoms with Crippen LogP contribution in [0, 0.1) is 0 Å². The standard InChI is InChI=1S/C10H13N3O3/c11-13-12-5-9(15)7-16-10-3-1-8(6-14)2-4-10/h1-4,9,14-15H,5-7H2. The van der Waals surface area contributed by atoms with Gasteiger partial charge in [0.2, 0.25) is 0 Å². The van der Waals surface area contributed by atoms with E-state index in [1.54, 1.807) is 24.3 Å². The number of hydrogen-bond donors (Lipinski definition) is 2. The molecule has 0 aliphatic rings. The predicted molar refractivity (Wildman–Crippen MR) is 57.9 cm³/mol. The first-order valence-electron chi connectivity index (χ1n) is 4.77. The average Bonchev–Trinajstić information content (AvgIpc) is 2.34. The third-order valence-electron chi connectivity index (χ3n) is 1.90. The van der Waals surface area contributed by atoms with Crippen LogP contribution in [0.4, 0.5) is 0 Å². The molecule has 2 N–H and O–H groups in total.